The van der Waals surface area contributed by atoms with Crippen LogP contribution < -0.4 is 5.32 Å². The van der Waals surface area contributed by atoms with E-state index in [0.29, 0.717) is 28.8 Å². The predicted molar refractivity (Wildman–Crippen MR) is 125 cm³/mol. The van der Waals surface area contributed by atoms with E-state index in [4.69, 9.17) is 0 Å². The van der Waals surface area contributed by atoms with Crippen LogP contribution in [-0.2, 0) is 17.8 Å². The molecule has 6 heteroatoms. The number of ketones is 2. The maximum absolute atomic E-state index is 13.5. The van der Waals surface area contributed by atoms with Crippen molar-refractivity contribution in [3.63, 3.8) is 0 Å². The van der Waals surface area contributed by atoms with Gasteiger partial charge in [-0.05, 0) is 49.2 Å². The second kappa shape index (κ2) is 9.20. The molecule has 1 aliphatic heterocycles. The van der Waals surface area contributed by atoms with Crippen LogP contribution in [0.5, 0.6) is 0 Å². The van der Waals surface area contributed by atoms with Gasteiger partial charge in [-0.15, -0.1) is 0 Å². The maximum Gasteiger partial charge on any atom is 0.254 e. The molecule has 1 N–H and O–H groups in total. The van der Waals surface area contributed by atoms with E-state index in [0.717, 1.165) is 11.1 Å². The Bertz CT molecular complexity index is 1260. The van der Waals surface area contributed by atoms with Crippen molar-refractivity contribution in [2.75, 3.05) is 5.32 Å². The molecule has 33 heavy (non-hydrogen) atoms. The molecule has 2 amide bonds. The first-order valence-electron chi connectivity index (χ1n) is 10.7. The van der Waals surface area contributed by atoms with Gasteiger partial charge in [-0.2, -0.15) is 0 Å². The van der Waals surface area contributed by atoms with Gasteiger partial charge in [0.15, 0.2) is 11.6 Å². The molecule has 0 radical (unpaired) electrons. The predicted octanol–water partition coefficient (Wildman–Crippen LogP) is 4.30. The summed E-state index contributed by atoms with van der Waals surface area (Å²) in [7, 11) is 0. The van der Waals surface area contributed by atoms with Crippen molar-refractivity contribution in [2.45, 2.75) is 32.9 Å². The Kier molecular flexibility index (Phi) is 6.18. The van der Waals surface area contributed by atoms with E-state index in [9.17, 15) is 19.2 Å². The topological polar surface area (TPSA) is 83.6 Å². The standard InChI is InChI=1S/C27H24N2O4/c1-17(30)19-9-5-11-22(13-19)27(33)29-16-23-8-4-3-7-21(23)15-25(29)26(32)28-24-12-6-10-20(14-24)18(2)31/h3-14,25H,15-16H2,1-2H3,(H,28,32). The number of benzene rings is 3. The molecule has 1 aliphatic rings. The summed E-state index contributed by atoms with van der Waals surface area (Å²) in [4.78, 5) is 51.9. The SMILES string of the molecule is CC(=O)c1cccc(NC(=O)C2Cc3ccccc3CN2C(=O)c2cccc(C(C)=O)c2)c1. The number of carbonyl (C=O) groups excluding carboxylic acids is 4. The van der Waals surface area contributed by atoms with Crippen molar-refractivity contribution >= 4 is 29.1 Å². The second-order valence-electron chi connectivity index (χ2n) is 8.18. The molecule has 6 nitrogen and oxygen atoms in total. The first-order valence-corrected chi connectivity index (χ1v) is 10.7. The smallest absolute Gasteiger partial charge is 0.254 e. The molecule has 4 rings (SSSR count). The van der Waals surface area contributed by atoms with Crippen LogP contribution in [0.3, 0.4) is 0 Å². The van der Waals surface area contributed by atoms with E-state index >= 15 is 0 Å². The summed E-state index contributed by atoms with van der Waals surface area (Å²) in [6.07, 6.45) is 0.368. The molecule has 0 fully saturated rings. The van der Waals surface area contributed by atoms with Crippen LogP contribution in [0.4, 0.5) is 5.69 Å². The number of nitrogens with one attached hydrogen (secondary N) is 1. The van der Waals surface area contributed by atoms with Crippen molar-refractivity contribution in [3.05, 3.63) is 101 Å². The molecule has 0 saturated carbocycles. The molecule has 3 aromatic carbocycles. The minimum Gasteiger partial charge on any atom is -0.324 e. The molecular weight excluding hydrogens is 416 g/mol. The van der Waals surface area contributed by atoms with E-state index in [1.54, 1.807) is 53.4 Å². The van der Waals surface area contributed by atoms with Gasteiger partial charge in [0.2, 0.25) is 5.91 Å². The third-order valence-corrected chi connectivity index (χ3v) is 5.86. The average Bonchev–Trinajstić information content (AvgIpc) is 2.83. The van der Waals surface area contributed by atoms with Gasteiger partial charge in [0, 0.05) is 35.3 Å². The van der Waals surface area contributed by atoms with E-state index in [1.807, 2.05) is 24.3 Å². The molecule has 0 bridgehead atoms. The highest BCUT2D eigenvalue weighted by molar-refractivity contribution is 6.04. The molecule has 3 aromatic rings. The lowest BCUT2D eigenvalue weighted by Crippen LogP contribution is -2.50. The number of anilines is 1. The fourth-order valence-electron chi connectivity index (χ4n) is 4.05. The molecule has 0 spiro atoms. The van der Waals surface area contributed by atoms with Gasteiger partial charge in [-0.1, -0.05) is 48.5 Å². The van der Waals surface area contributed by atoms with E-state index in [2.05, 4.69) is 5.32 Å². The second-order valence-corrected chi connectivity index (χ2v) is 8.18. The van der Waals surface area contributed by atoms with E-state index in [1.165, 1.54) is 13.8 Å². The Labute approximate surface area is 192 Å². The lowest BCUT2D eigenvalue weighted by molar-refractivity contribution is -0.121. The zero-order valence-electron chi connectivity index (χ0n) is 18.5. The van der Waals surface area contributed by atoms with E-state index in [-0.39, 0.29) is 29.9 Å². The first-order chi connectivity index (χ1) is 15.8. The lowest BCUT2D eigenvalue weighted by Gasteiger charge is -2.36. The van der Waals surface area contributed by atoms with Crippen LogP contribution in [0.25, 0.3) is 0 Å². The number of rotatable bonds is 5. The summed E-state index contributed by atoms with van der Waals surface area (Å²) in [6.45, 7) is 3.20. The van der Waals surface area contributed by atoms with Gasteiger partial charge in [-0.3, -0.25) is 19.2 Å². The Morgan fingerprint density at radius 1 is 0.758 bits per heavy atom. The fourth-order valence-corrected chi connectivity index (χ4v) is 4.05. The number of Topliss-reactive ketones (excluding diaryl/α,β-unsaturated/α-hetero) is 2. The minimum atomic E-state index is -0.741. The number of hydrogen-bond donors (Lipinski definition) is 1. The van der Waals surface area contributed by atoms with Gasteiger partial charge < -0.3 is 10.2 Å². The highest BCUT2D eigenvalue weighted by atomic mass is 16.2. The van der Waals surface area contributed by atoms with Crippen LogP contribution in [0.1, 0.15) is 56.0 Å². The Hall–Kier alpha value is -4.06. The summed E-state index contributed by atoms with van der Waals surface area (Å²) in [6, 6.07) is 20.3. The molecular formula is C27H24N2O4. The Balaban J connectivity index is 1.66. The van der Waals surface area contributed by atoms with Gasteiger partial charge in [0.1, 0.15) is 6.04 Å². The molecule has 0 aromatic heterocycles. The van der Waals surface area contributed by atoms with Crippen molar-refractivity contribution in [1.82, 2.24) is 4.90 Å². The molecule has 0 aliphatic carbocycles. The van der Waals surface area contributed by atoms with Crippen molar-refractivity contribution < 1.29 is 19.2 Å². The first kappa shape index (κ1) is 22.1. The van der Waals surface area contributed by atoms with Crippen molar-refractivity contribution in [3.8, 4) is 0 Å². The summed E-state index contributed by atoms with van der Waals surface area (Å²) >= 11 is 0. The largest absolute Gasteiger partial charge is 0.324 e. The molecule has 1 unspecified atom stereocenters. The summed E-state index contributed by atoms with van der Waals surface area (Å²) in [5.74, 6) is -0.875. The molecule has 166 valence electrons. The zero-order chi connectivity index (χ0) is 23.5. The van der Waals surface area contributed by atoms with Gasteiger partial charge in [-0.25, -0.2) is 0 Å². The van der Waals surface area contributed by atoms with Gasteiger partial charge in [0.05, 0.1) is 0 Å². The summed E-state index contributed by atoms with van der Waals surface area (Å²) in [5.41, 5.74) is 3.79. The monoisotopic (exact) mass is 440 g/mol. The average molecular weight is 440 g/mol. The summed E-state index contributed by atoms with van der Waals surface area (Å²) in [5, 5.41) is 2.86. The van der Waals surface area contributed by atoms with Crippen LogP contribution in [0.2, 0.25) is 0 Å². The number of fused-ring (bicyclic) bond motifs is 1. The van der Waals surface area contributed by atoms with Crippen LogP contribution in [0.15, 0.2) is 72.8 Å². The van der Waals surface area contributed by atoms with Crippen molar-refractivity contribution in [2.24, 2.45) is 0 Å². The van der Waals surface area contributed by atoms with Gasteiger partial charge >= 0.3 is 0 Å². The van der Waals surface area contributed by atoms with Crippen molar-refractivity contribution in [1.29, 1.82) is 0 Å². The Morgan fingerprint density at radius 3 is 2.06 bits per heavy atom. The lowest BCUT2D eigenvalue weighted by atomic mass is 9.92. The van der Waals surface area contributed by atoms with E-state index < -0.39 is 6.04 Å². The Morgan fingerprint density at radius 2 is 1.36 bits per heavy atom. The van der Waals surface area contributed by atoms with Crippen LogP contribution >= 0.6 is 0 Å². The third kappa shape index (κ3) is 4.75. The number of carbonyl (C=O) groups is 4. The maximum atomic E-state index is 13.5. The van der Waals surface area contributed by atoms with Gasteiger partial charge in [0.25, 0.3) is 5.91 Å². The molecule has 1 heterocycles. The number of hydrogen-bond acceptors (Lipinski definition) is 4. The third-order valence-electron chi connectivity index (χ3n) is 5.86. The fraction of sp³-hybridized carbons (Fsp3) is 0.185. The highest BCUT2D eigenvalue weighted by Gasteiger charge is 2.35. The normalized spacial score (nSPS) is 14.8. The minimum absolute atomic E-state index is 0.0974. The highest BCUT2D eigenvalue weighted by Crippen LogP contribution is 2.26. The molecule has 1 atom stereocenters. The van der Waals surface area contributed by atoms with Crippen LogP contribution in [-0.4, -0.2) is 34.3 Å². The summed E-state index contributed by atoms with van der Waals surface area (Å²) < 4.78 is 0. The number of amides is 2. The number of nitrogens with zero attached hydrogens (tertiary/aromatic N) is 1. The zero-order valence-corrected chi connectivity index (χ0v) is 18.5. The molecule has 0 saturated heterocycles. The quantitative estimate of drug-likeness (QED) is 0.600. The van der Waals surface area contributed by atoms with Crippen LogP contribution in [0, 0.1) is 0 Å².